The molecule has 2 aromatic carbocycles. The topological polar surface area (TPSA) is 104 Å². The molecule has 0 saturated carbocycles. The largest absolute Gasteiger partial charge is 0.273 e. The molecule has 27 heavy (non-hydrogen) atoms. The van der Waals surface area contributed by atoms with Gasteiger partial charge in [0.25, 0.3) is 5.91 Å². The molecule has 144 valence electrons. The molecule has 2 rings (SSSR count). The van der Waals surface area contributed by atoms with Gasteiger partial charge in [-0.15, -0.1) is 0 Å². The third-order valence-corrected chi connectivity index (χ3v) is 5.83. The van der Waals surface area contributed by atoms with E-state index in [4.69, 9.17) is 11.6 Å². The molecular weight excluding hydrogens is 390 g/mol. The Bertz CT molecular complexity index is 973. The van der Waals surface area contributed by atoms with Crippen molar-refractivity contribution in [2.45, 2.75) is 25.2 Å². The minimum absolute atomic E-state index is 0.0163. The van der Waals surface area contributed by atoms with Crippen LogP contribution in [-0.2, 0) is 21.2 Å². The van der Waals surface area contributed by atoms with Crippen LogP contribution in [0.5, 0.6) is 0 Å². The Morgan fingerprint density at radius 1 is 1.04 bits per heavy atom. The molecule has 0 aliphatic heterocycles. The van der Waals surface area contributed by atoms with Crippen LogP contribution in [0.25, 0.3) is 0 Å². The van der Waals surface area contributed by atoms with Crippen molar-refractivity contribution >= 4 is 33.4 Å². The number of aryl methyl sites for hydroxylation is 1. The number of sulfonamides is 1. The average molecular weight is 410 g/mol. The highest BCUT2D eigenvalue weighted by molar-refractivity contribution is 7.89. The van der Waals surface area contributed by atoms with Gasteiger partial charge in [-0.2, -0.15) is 0 Å². The Hall–Kier alpha value is -2.42. The van der Waals surface area contributed by atoms with Gasteiger partial charge in [0.2, 0.25) is 15.9 Å². The first-order chi connectivity index (χ1) is 12.6. The van der Waals surface area contributed by atoms with E-state index in [-0.39, 0.29) is 16.9 Å². The van der Waals surface area contributed by atoms with Gasteiger partial charge in [0.15, 0.2) is 0 Å². The number of carbonyl (C=O) groups is 2. The Balaban J connectivity index is 2.09. The molecule has 7 nitrogen and oxygen atoms in total. The first-order valence-corrected chi connectivity index (χ1v) is 9.88. The van der Waals surface area contributed by atoms with Crippen molar-refractivity contribution in [2.75, 3.05) is 7.05 Å². The van der Waals surface area contributed by atoms with E-state index in [0.717, 1.165) is 5.56 Å². The van der Waals surface area contributed by atoms with Crippen LogP contribution in [-0.4, -0.2) is 27.3 Å². The zero-order valence-corrected chi connectivity index (χ0v) is 16.7. The molecule has 2 aromatic rings. The lowest BCUT2D eigenvalue weighted by Gasteiger charge is -2.13. The highest BCUT2D eigenvalue weighted by Crippen LogP contribution is 2.21. The van der Waals surface area contributed by atoms with Crippen LogP contribution >= 0.6 is 11.6 Å². The third-order valence-electron chi connectivity index (χ3n) is 4.03. The van der Waals surface area contributed by atoms with E-state index < -0.39 is 21.8 Å². The molecule has 0 bridgehead atoms. The zero-order valence-electron chi connectivity index (χ0n) is 15.1. The van der Waals surface area contributed by atoms with Gasteiger partial charge in [0, 0.05) is 10.6 Å². The molecule has 0 aliphatic rings. The Morgan fingerprint density at radius 3 is 2.26 bits per heavy atom. The second kappa shape index (κ2) is 8.51. The Labute approximate surface area is 163 Å². The van der Waals surface area contributed by atoms with E-state index in [1.807, 2.05) is 0 Å². The minimum Gasteiger partial charge on any atom is -0.273 e. The summed E-state index contributed by atoms with van der Waals surface area (Å²) in [5, 5.41) is 0.564. The van der Waals surface area contributed by atoms with Gasteiger partial charge in [-0.25, -0.2) is 13.1 Å². The molecule has 0 radical (unpaired) electrons. The quantitative estimate of drug-likeness (QED) is 0.655. The van der Waals surface area contributed by atoms with Crippen LogP contribution in [0.3, 0.4) is 0 Å². The molecule has 0 saturated heterocycles. The maximum Gasteiger partial charge on any atom is 0.269 e. The van der Waals surface area contributed by atoms with Gasteiger partial charge in [-0.1, -0.05) is 23.7 Å². The number of hydrazine groups is 1. The molecule has 0 fully saturated rings. The van der Waals surface area contributed by atoms with Gasteiger partial charge in [0.05, 0.1) is 11.3 Å². The van der Waals surface area contributed by atoms with E-state index in [0.29, 0.717) is 16.1 Å². The molecule has 9 heteroatoms. The lowest BCUT2D eigenvalue weighted by Crippen LogP contribution is -2.42. The summed E-state index contributed by atoms with van der Waals surface area (Å²) in [6.45, 7) is 3.37. The van der Waals surface area contributed by atoms with Gasteiger partial charge >= 0.3 is 0 Å². The number of benzene rings is 2. The molecule has 0 unspecified atom stereocenters. The number of nitrogens with one attached hydrogen (secondary N) is 3. The maximum absolute atomic E-state index is 12.3. The summed E-state index contributed by atoms with van der Waals surface area (Å²) in [7, 11) is -2.41. The predicted octanol–water partition coefficient (Wildman–Crippen LogP) is 1.87. The van der Waals surface area contributed by atoms with Crippen LogP contribution in [0.2, 0.25) is 5.02 Å². The standard InChI is InChI=1S/C18H20ClN3O4S/c1-11-8-14(10-16(12(11)2)27(25,26)20-3)18(24)22-21-17(23)9-13-4-6-15(19)7-5-13/h4-8,10,20H,9H2,1-3H3,(H,21,23)(H,22,24). The van der Waals surface area contributed by atoms with E-state index in [9.17, 15) is 18.0 Å². The molecule has 0 aromatic heterocycles. The monoisotopic (exact) mass is 409 g/mol. The molecule has 0 spiro atoms. The van der Waals surface area contributed by atoms with Crippen LogP contribution < -0.4 is 15.6 Å². The smallest absolute Gasteiger partial charge is 0.269 e. The molecule has 3 N–H and O–H groups in total. The first-order valence-electron chi connectivity index (χ1n) is 8.02. The summed E-state index contributed by atoms with van der Waals surface area (Å²) >= 11 is 5.79. The average Bonchev–Trinajstić information content (AvgIpc) is 2.63. The molecular formula is C18H20ClN3O4S. The van der Waals surface area contributed by atoms with Crippen molar-refractivity contribution in [2.24, 2.45) is 0 Å². The van der Waals surface area contributed by atoms with Crippen LogP contribution in [0, 0.1) is 13.8 Å². The minimum atomic E-state index is -3.71. The van der Waals surface area contributed by atoms with Crippen molar-refractivity contribution in [1.82, 2.24) is 15.6 Å². The number of hydrogen-bond acceptors (Lipinski definition) is 4. The predicted molar refractivity (Wildman–Crippen MR) is 103 cm³/mol. The summed E-state index contributed by atoms with van der Waals surface area (Å²) in [5.41, 5.74) is 6.66. The number of carbonyl (C=O) groups excluding carboxylic acids is 2. The van der Waals surface area contributed by atoms with E-state index in [1.54, 1.807) is 44.2 Å². The summed E-state index contributed by atoms with van der Waals surface area (Å²) < 4.78 is 26.5. The summed E-state index contributed by atoms with van der Waals surface area (Å²) in [5.74, 6) is -1.03. The molecule has 0 heterocycles. The highest BCUT2D eigenvalue weighted by atomic mass is 35.5. The molecule has 0 aliphatic carbocycles. The number of halogens is 1. The van der Waals surface area contributed by atoms with Crippen molar-refractivity contribution < 1.29 is 18.0 Å². The number of amides is 2. The maximum atomic E-state index is 12.3. The fraction of sp³-hybridized carbons (Fsp3) is 0.222. The van der Waals surface area contributed by atoms with Gasteiger partial charge < -0.3 is 0 Å². The SMILES string of the molecule is CNS(=O)(=O)c1cc(C(=O)NNC(=O)Cc2ccc(Cl)cc2)cc(C)c1C. The van der Waals surface area contributed by atoms with E-state index in [2.05, 4.69) is 15.6 Å². The van der Waals surface area contributed by atoms with Crippen LogP contribution in [0.4, 0.5) is 0 Å². The summed E-state index contributed by atoms with van der Waals surface area (Å²) in [4.78, 5) is 24.3. The normalized spacial score (nSPS) is 11.1. The van der Waals surface area contributed by atoms with Crippen molar-refractivity contribution in [3.8, 4) is 0 Å². The van der Waals surface area contributed by atoms with E-state index >= 15 is 0 Å². The van der Waals surface area contributed by atoms with Gasteiger partial charge in [-0.05, 0) is 61.9 Å². The first kappa shape index (κ1) is 20.9. The fourth-order valence-electron chi connectivity index (χ4n) is 2.38. The van der Waals surface area contributed by atoms with Gasteiger partial charge in [0.1, 0.15) is 0 Å². The molecule has 0 atom stereocenters. The summed E-state index contributed by atoms with van der Waals surface area (Å²) in [6.07, 6.45) is 0.0593. The fourth-order valence-corrected chi connectivity index (χ4v) is 3.57. The number of hydrogen-bond donors (Lipinski definition) is 3. The lowest BCUT2D eigenvalue weighted by molar-refractivity contribution is -0.121. The zero-order chi connectivity index (χ0) is 20.2. The van der Waals surface area contributed by atoms with Crippen LogP contribution in [0.15, 0.2) is 41.3 Å². The second-order valence-corrected chi connectivity index (χ2v) is 8.22. The van der Waals surface area contributed by atoms with Crippen LogP contribution in [0.1, 0.15) is 27.0 Å². The summed E-state index contributed by atoms with van der Waals surface area (Å²) in [6, 6.07) is 9.59. The molecule has 2 amide bonds. The highest BCUT2D eigenvalue weighted by Gasteiger charge is 2.19. The van der Waals surface area contributed by atoms with E-state index in [1.165, 1.54) is 13.1 Å². The third kappa shape index (κ3) is 5.29. The van der Waals surface area contributed by atoms with Crippen molar-refractivity contribution in [3.05, 3.63) is 63.7 Å². The number of rotatable bonds is 5. The lowest BCUT2D eigenvalue weighted by atomic mass is 10.1. The second-order valence-electron chi connectivity index (χ2n) is 5.93. The van der Waals surface area contributed by atoms with Crippen molar-refractivity contribution in [3.63, 3.8) is 0 Å². The Kier molecular flexibility index (Phi) is 6.59. The van der Waals surface area contributed by atoms with Crippen molar-refractivity contribution in [1.29, 1.82) is 0 Å². The Morgan fingerprint density at radius 2 is 1.67 bits per heavy atom. The van der Waals surface area contributed by atoms with Gasteiger partial charge in [-0.3, -0.25) is 20.4 Å².